The Hall–Kier alpha value is -2.38. The van der Waals surface area contributed by atoms with Gasteiger partial charge in [0.1, 0.15) is 5.15 Å². The van der Waals surface area contributed by atoms with E-state index in [0.717, 1.165) is 5.56 Å². The molecule has 2 aromatic rings. The van der Waals surface area contributed by atoms with Crippen molar-refractivity contribution in [2.75, 3.05) is 0 Å². The van der Waals surface area contributed by atoms with Crippen molar-refractivity contribution in [2.45, 2.75) is 27.2 Å². The second-order valence-electron chi connectivity index (χ2n) is 6.04. The minimum atomic E-state index is -0.433. The van der Waals surface area contributed by atoms with E-state index >= 15 is 0 Å². The lowest BCUT2D eigenvalue weighted by molar-refractivity contribution is -0.385. The highest BCUT2D eigenvalue weighted by Gasteiger charge is 2.22. The van der Waals surface area contributed by atoms with Crippen molar-refractivity contribution in [3.8, 4) is 11.8 Å². The fraction of sp³-hybridized carbons (Fsp3) is 0.278. The average Bonchev–Trinajstić information content (AvgIpc) is 2.45. The molecule has 0 saturated carbocycles. The maximum absolute atomic E-state index is 11.2. The number of pyridine rings is 1. The fourth-order valence-corrected chi connectivity index (χ4v) is 2.44. The number of aromatic nitrogens is 1. The SMILES string of the molecule is Cc1ccc([N+](=O)[O-])c(CC(C)(C)C#Cc2cccnc2Cl)c1. The summed E-state index contributed by atoms with van der Waals surface area (Å²) < 4.78 is 0. The third-order valence-corrected chi connectivity index (χ3v) is 3.66. The van der Waals surface area contributed by atoms with Crippen molar-refractivity contribution in [3.63, 3.8) is 0 Å². The Kier molecular flexibility index (Phi) is 5.02. The van der Waals surface area contributed by atoms with E-state index in [1.807, 2.05) is 26.8 Å². The summed E-state index contributed by atoms with van der Waals surface area (Å²) in [5, 5.41) is 11.5. The maximum Gasteiger partial charge on any atom is 0.272 e. The van der Waals surface area contributed by atoms with E-state index in [2.05, 4.69) is 16.8 Å². The zero-order chi connectivity index (χ0) is 17.0. The smallest absolute Gasteiger partial charge is 0.258 e. The van der Waals surface area contributed by atoms with E-state index in [4.69, 9.17) is 11.6 Å². The number of nitro groups is 1. The largest absolute Gasteiger partial charge is 0.272 e. The van der Waals surface area contributed by atoms with Crippen molar-refractivity contribution >= 4 is 17.3 Å². The first kappa shape index (κ1) is 17.0. The van der Waals surface area contributed by atoms with Crippen LogP contribution in [0.15, 0.2) is 36.5 Å². The first-order valence-corrected chi connectivity index (χ1v) is 7.54. The molecule has 0 aliphatic rings. The number of halogens is 1. The van der Waals surface area contributed by atoms with Gasteiger partial charge in [-0.05, 0) is 45.4 Å². The maximum atomic E-state index is 11.2. The van der Waals surface area contributed by atoms with Crippen molar-refractivity contribution < 1.29 is 4.92 Å². The van der Waals surface area contributed by atoms with E-state index < -0.39 is 5.41 Å². The molecule has 118 valence electrons. The summed E-state index contributed by atoms with van der Waals surface area (Å²) in [6, 6.07) is 8.71. The lowest BCUT2D eigenvalue weighted by Gasteiger charge is -2.18. The molecule has 0 amide bonds. The Morgan fingerprint density at radius 3 is 2.74 bits per heavy atom. The molecule has 0 bridgehead atoms. The van der Waals surface area contributed by atoms with Crippen LogP contribution in [0.25, 0.3) is 0 Å². The third kappa shape index (κ3) is 4.54. The molecule has 0 spiro atoms. The summed E-state index contributed by atoms with van der Waals surface area (Å²) in [6.07, 6.45) is 2.09. The van der Waals surface area contributed by atoms with Crippen LogP contribution in [0, 0.1) is 34.3 Å². The standard InChI is InChI=1S/C18H17ClN2O2/c1-13-6-7-16(21(22)23)15(11-13)12-18(2,3)9-8-14-5-4-10-20-17(14)19/h4-7,10-11H,12H2,1-3H3. The predicted octanol–water partition coefficient (Wildman–Crippen LogP) is 4.57. The highest BCUT2D eigenvalue weighted by molar-refractivity contribution is 6.30. The highest BCUT2D eigenvalue weighted by Crippen LogP contribution is 2.28. The summed E-state index contributed by atoms with van der Waals surface area (Å²) in [5.74, 6) is 6.18. The molecular weight excluding hydrogens is 312 g/mol. The van der Waals surface area contributed by atoms with Gasteiger partial charge in [0.15, 0.2) is 0 Å². The first-order valence-electron chi connectivity index (χ1n) is 7.16. The zero-order valence-electron chi connectivity index (χ0n) is 13.3. The number of hydrogen-bond acceptors (Lipinski definition) is 3. The van der Waals surface area contributed by atoms with Crippen LogP contribution in [0.3, 0.4) is 0 Å². The summed E-state index contributed by atoms with van der Waals surface area (Å²) in [4.78, 5) is 14.8. The number of rotatable bonds is 3. The molecule has 0 aliphatic carbocycles. The Labute approximate surface area is 140 Å². The number of hydrogen-bond donors (Lipinski definition) is 0. The molecule has 0 saturated heterocycles. The highest BCUT2D eigenvalue weighted by atomic mass is 35.5. The summed E-state index contributed by atoms with van der Waals surface area (Å²) in [5.41, 5.74) is 2.03. The number of nitro benzene ring substituents is 1. The first-order chi connectivity index (χ1) is 10.8. The van der Waals surface area contributed by atoms with Gasteiger partial charge in [0.05, 0.1) is 10.5 Å². The van der Waals surface area contributed by atoms with Crippen LogP contribution in [-0.2, 0) is 6.42 Å². The van der Waals surface area contributed by atoms with Gasteiger partial charge in [0.25, 0.3) is 5.69 Å². The molecule has 0 N–H and O–H groups in total. The van der Waals surface area contributed by atoms with Crippen molar-refractivity contribution in [2.24, 2.45) is 5.41 Å². The van der Waals surface area contributed by atoms with Crippen molar-refractivity contribution in [3.05, 3.63) is 68.5 Å². The Bertz CT molecular complexity index is 804. The van der Waals surface area contributed by atoms with Crippen LogP contribution in [0.5, 0.6) is 0 Å². The van der Waals surface area contributed by atoms with Gasteiger partial charge >= 0.3 is 0 Å². The third-order valence-electron chi connectivity index (χ3n) is 3.36. The molecule has 0 fully saturated rings. The van der Waals surface area contributed by atoms with Gasteiger partial charge in [-0.15, -0.1) is 0 Å². The Balaban J connectivity index is 2.31. The quantitative estimate of drug-likeness (QED) is 0.359. The van der Waals surface area contributed by atoms with Crippen LogP contribution in [-0.4, -0.2) is 9.91 Å². The molecule has 5 heteroatoms. The Morgan fingerprint density at radius 1 is 1.35 bits per heavy atom. The second-order valence-corrected chi connectivity index (χ2v) is 6.40. The van der Waals surface area contributed by atoms with E-state index in [1.165, 1.54) is 0 Å². The molecule has 4 nitrogen and oxygen atoms in total. The van der Waals surface area contributed by atoms with E-state index in [1.54, 1.807) is 30.5 Å². The average molecular weight is 329 g/mol. The molecule has 23 heavy (non-hydrogen) atoms. The molecule has 2 rings (SSSR count). The van der Waals surface area contributed by atoms with Gasteiger partial charge in [-0.1, -0.05) is 35.1 Å². The predicted molar refractivity (Wildman–Crippen MR) is 91.4 cm³/mol. The van der Waals surface area contributed by atoms with E-state index in [-0.39, 0.29) is 10.6 Å². The van der Waals surface area contributed by atoms with Gasteiger partial charge in [-0.2, -0.15) is 0 Å². The fourth-order valence-electron chi connectivity index (χ4n) is 2.27. The minimum absolute atomic E-state index is 0.130. The molecule has 0 unspecified atom stereocenters. The monoisotopic (exact) mass is 328 g/mol. The van der Waals surface area contributed by atoms with E-state index in [0.29, 0.717) is 22.7 Å². The van der Waals surface area contributed by atoms with Gasteiger partial charge in [0.2, 0.25) is 0 Å². The van der Waals surface area contributed by atoms with Gasteiger partial charge in [0, 0.05) is 23.2 Å². The Morgan fingerprint density at radius 2 is 2.09 bits per heavy atom. The number of nitrogens with zero attached hydrogens (tertiary/aromatic N) is 2. The molecular formula is C18H17ClN2O2. The second kappa shape index (κ2) is 6.80. The summed E-state index contributed by atoms with van der Waals surface area (Å²) >= 11 is 6.00. The molecule has 0 aliphatic heterocycles. The van der Waals surface area contributed by atoms with Crippen LogP contribution in [0.4, 0.5) is 5.69 Å². The number of aryl methyl sites for hydroxylation is 1. The van der Waals surface area contributed by atoms with Gasteiger partial charge in [-0.3, -0.25) is 10.1 Å². The lowest BCUT2D eigenvalue weighted by atomic mass is 9.85. The van der Waals surface area contributed by atoms with Crippen LogP contribution in [0.1, 0.15) is 30.5 Å². The number of benzene rings is 1. The van der Waals surface area contributed by atoms with E-state index in [9.17, 15) is 10.1 Å². The van der Waals surface area contributed by atoms with Crippen LogP contribution < -0.4 is 0 Å². The van der Waals surface area contributed by atoms with Crippen LogP contribution >= 0.6 is 11.6 Å². The minimum Gasteiger partial charge on any atom is -0.258 e. The van der Waals surface area contributed by atoms with Crippen molar-refractivity contribution in [1.29, 1.82) is 0 Å². The summed E-state index contributed by atoms with van der Waals surface area (Å²) in [6.45, 7) is 5.83. The summed E-state index contributed by atoms with van der Waals surface area (Å²) in [7, 11) is 0. The zero-order valence-corrected chi connectivity index (χ0v) is 14.0. The van der Waals surface area contributed by atoms with Gasteiger partial charge < -0.3 is 0 Å². The molecule has 0 radical (unpaired) electrons. The normalized spacial score (nSPS) is 10.8. The topological polar surface area (TPSA) is 56.0 Å². The van der Waals surface area contributed by atoms with Crippen molar-refractivity contribution in [1.82, 2.24) is 4.98 Å². The van der Waals surface area contributed by atoms with Crippen LogP contribution in [0.2, 0.25) is 5.15 Å². The molecule has 1 aromatic heterocycles. The molecule has 1 heterocycles. The lowest BCUT2D eigenvalue weighted by Crippen LogP contribution is -2.13. The molecule has 0 atom stereocenters. The molecule has 1 aromatic carbocycles. The van der Waals surface area contributed by atoms with Gasteiger partial charge in [-0.25, -0.2) is 4.98 Å².